The van der Waals surface area contributed by atoms with E-state index >= 15 is 0 Å². The number of hydrogen-bond acceptors (Lipinski definition) is 6. The second-order valence-corrected chi connectivity index (χ2v) is 5.82. The Morgan fingerprint density at radius 1 is 1.43 bits per heavy atom. The van der Waals surface area contributed by atoms with Gasteiger partial charge in [-0.3, -0.25) is 0 Å². The van der Waals surface area contributed by atoms with E-state index in [0.29, 0.717) is 32.3 Å². The van der Waals surface area contributed by atoms with Crippen LogP contribution in [-0.2, 0) is 22.5 Å². The molecule has 0 spiro atoms. The predicted octanol–water partition coefficient (Wildman–Crippen LogP) is 1.49. The van der Waals surface area contributed by atoms with Gasteiger partial charge in [0.15, 0.2) is 0 Å². The smallest absolute Gasteiger partial charge is 0.407 e. The first-order valence-electron chi connectivity index (χ1n) is 7.07. The number of carbonyl (C=O) groups excluding carboxylic acids is 1. The largest absolute Gasteiger partial charge is 0.444 e. The summed E-state index contributed by atoms with van der Waals surface area (Å²) in [5.74, 6) is 0.571. The summed E-state index contributed by atoms with van der Waals surface area (Å²) in [6.45, 7) is 7.74. The molecule has 0 saturated carbocycles. The lowest BCUT2D eigenvalue weighted by atomic mass is 10.1. The van der Waals surface area contributed by atoms with Crippen LogP contribution in [0, 0.1) is 0 Å². The molecular weight excluding hydrogens is 272 g/mol. The zero-order valence-corrected chi connectivity index (χ0v) is 12.7. The van der Waals surface area contributed by atoms with Crippen LogP contribution in [0.4, 0.5) is 10.7 Å². The summed E-state index contributed by atoms with van der Waals surface area (Å²) in [5, 5.41) is 5.75. The van der Waals surface area contributed by atoms with Gasteiger partial charge >= 0.3 is 6.09 Å². The molecule has 0 saturated heterocycles. The minimum atomic E-state index is -0.485. The highest BCUT2D eigenvalue weighted by atomic mass is 16.6. The van der Waals surface area contributed by atoms with Crippen LogP contribution in [0.15, 0.2) is 6.20 Å². The fourth-order valence-electron chi connectivity index (χ4n) is 1.87. The Kier molecular flexibility index (Phi) is 4.95. The zero-order valence-electron chi connectivity index (χ0n) is 12.7. The van der Waals surface area contributed by atoms with E-state index in [1.807, 2.05) is 20.8 Å². The Labute approximate surface area is 124 Å². The molecule has 1 aliphatic rings. The molecule has 1 amide bonds. The molecule has 116 valence electrons. The maximum Gasteiger partial charge on any atom is 0.407 e. The SMILES string of the molecule is CC(C)(C)OC(=O)NCCNc1ncc2c(n1)CCOC2. The number of carbonyl (C=O) groups is 1. The average molecular weight is 294 g/mol. The lowest BCUT2D eigenvalue weighted by Gasteiger charge is -2.19. The standard InChI is InChI=1S/C14H22N4O3/c1-14(2,3)21-13(19)16-6-5-15-12-17-8-10-9-20-7-4-11(10)18-12/h8H,4-7,9H2,1-3H3,(H,16,19)(H,15,17,18). The number of anilines is 1. The van der Waals surface area contributed by atoms with Gasteiger partial charge in [-0.15, -0.1) is 0 Å². The quantitative estimate of drug-likeness (QED) is 0.818. The number of hydrogen-bond donors (Lipinski definition) is 2. The van der Waals surface area contributed by atoms with Crippen LogP contribution in [0.3, 0.4) is 0 Å². The van der Waals surface area contributed by atoms with Crippen LogP contribution in [0.25, 0.3) is 0 Å². The maximum atomic E-state index is 11.5. The number of ether oxygens (including phenoxy) is 2. The summed E-state index contributed by atoms with van der Waals surface area (Å²) in [6.07, 6.45) is 2.17. The lowest BCUT2D eigenvalue weighted by Crippen LogP contribution is -2.35. The zero-order chi connectivity index (χ0) is 15.3. The third kappa shape index (κ3) is 5.18. The average Bonchev–Trinajstić information content (AvgIpc) is 2.41. The fraction of sp³-hybridized carbons (Fsp3) is 0.643. The minimum Gasteiger partial charge on any atom is -0.444 e. The van der Waals surface area contributed by atoms with Crippen LogP contribution in [0.5, 0.6) is 0 Å². The first kappa shape index (κ1) is 15.5. The number of nitrogens with zero attached hydrogens (tertiary/aromatic N) is 2. The van der Waals surface area contributed by atoms with E-state index in [1.54, 1.807) is 6.20 Å². The van der Waals surface area contributed by atoms with Crippen molar-refractivity contribution in [2.75, 3.05) is 25.0 Å². The summed E-state index contributed by atoms with van der Waals surface area (Å²) >= 11 is 0. The summed E-state index contributed by atoms with van der Waals surface area (Å²) in [4.78, 5) is 20.1. The molecule has 0 bridgehead atoms. The molecule has 1 aliphatic heterocycles. The molecule has 0 fully saturated rings. The van der Waals surface area contributed by atoms with Gasteiger partial charge in [-0.25, -0.2) is 14.8 Å². The van der Waals surface area contributed by atoms with E-state index in [-0.39, 0.29) is 0 Å². The van der Waals surface area contributed by atoms with Gasteiger partial charge in [0.2, 0.25) is 5.95 Å². The van der Waals surface area contributed by atoms with E-state index in [4.69, 9.17) is 9.47 Å². The first-order valence-corrected chi connectivity index (χ1v) is 7.07. The Morgan fingerprint density at radius 3 is 3.00 bits per heavy atom. The third-order valence-corrected chi connectivity index (χ3v) is 2.77. The van der Waals surface area contributed by atoms with Crippen molar-refractivity contribution in [3.63, 3.8) is 0 Å². The summed E-state index contributed by atoms with van der Waals surface area (Å²) in [6, 6.07) is 0. The summed E-state index contributed by atoms with van der Waals surface area (Å²) in [7, 11) is 0. The number of fused-ring (bicyclic) bond motifs is 1. The highest BCUT2D eigenvalue weighted by Crippen LogP contribution is 2.14. The normalized spacial score (nSPS) is 14.2. The number of nitrogens with one attached hydrogen (secondary N) is 2. The Morgan fingerprint density at radius 2 is 2.24 bits per heavy atom. The Hall–Kier alpha value is -1.89. The number of rotatable bonds is 4. The van der Waals surface area contributed by atoms with Crippen LogP contribution in [-0.4, -0.2) is 41.4 Å². The van der Waals surface area contributed by atoms with Crippen molar-refractivity contribution in [1.82, 2.24) is 15.3 Å². The van der Waals surface area contributed by atoms with Crippen LogP contribution >= 0.6 is 0 Å². The molecular formula is C14H22N4O3. The molecule has 0 atom stereocenters. The molecule has 7 heteroatoms. The van der Waals surface area contributed by atoms with Crippen LogP contribution in [0.1, 0.15) is 32.0 Å². The topological polar surface area (TPSA) is 85.4 Å². The van der Waals surface area contributed by atoms with Gasteiger partial charge in [-0.1, -0.05) is 0 Å². The minimum absolute atomic E-state index is 0.423. The third-order valence-electron chi connectivity index (χ3n) is 2.77. The van der Waals surface area contributed by atoms with Crippen molar-refractivity contribution < 1.29 is 14.3 Å². The molecule has 1 aromatic rings. The van der Waals surface area contributed by atoms with Gasteiger partial charge in [0, 0.05) is 31.3 Å². The second-order valence-electron chi connectivity index (χ2n) is 5.82. The van der Waals surface area contributed by atoms with E-state index in [9.17, 15) is 4.79 Å². The molecule has 2 heterocycles. The fourth-order valence-corrected chi connectivity index (χ4v) is 1.87. The van der Waals surface area contributed by atoms with E-state index < -0.39 is 11.7 Å². The van der Waals surface area contributed by atoms with Gasteiger partial charge in [-0.2, -0.15) is 0 Å². The van der Waals surface area contributed by atoms with Gasteiger partial charge in [0.25, 0.3) is 0 Å². The molecule has 0 aliphatic carbocycles. The van der Waals surface area contributed by atoms with Gasteiger partial charge in [-0.05, 0) is 20.8 Å². The highest BCUT2D eigenvalue weighted by molar-refractivity contribution is 5.67. The van der Waals surface area contributed by atoms with Crippen molar-refractivity contribution in [2.24, 2.45) is 0 Å². The van der Waals surface area contributed by atoms with Gasteiger partial charge in [0.05, 0.1) is 18.9 Å². The molecule has 1 aromatic heterocycles. The molecule has 7 nitrogen and oxygen atoms in total. The van der Waals surface area contributed by atoms with Crippen molar-refractivity contribution in [3.05, 3.63) is 17.5 Å². The maximum absolute atomic E-state index is 11.5. The van der Waals surface area contributed by atoms with Crippen LogP contribution < -0.4 is 10.6 Å². The Bertz CT molecular complexity index is 499. The highest BCUT2D eigenvalue weighted by Gasteiger charge is 2.15. The predicted molar refractivity (Wildman–Crippen MR) is 78.1 cm³/mol. The number of aromatic nitrogens is 2. The van der Waals surface area contributed by atoms with E-state index in [1.165, 1.54) is 0 Å². The second kappa shape index (κ2) is 6.71. The van der Waals surface area contributed by atoms with Crippen molar-refractivity contribution >= 4 is 12.0 Å². The first-order chi connectivity index (χ1) is 9.94. The van der Waals surface area contributed by atoms with Crippen molar-refractivity contribution in [3.8, 4) is 0 Å². The van der Waals surface area contributed by atoms with Crippen molar-refractivity contribution in [2.45, 2.75) is 39.4 Å². The molecule has 0 unspecified atom stereocenters. The van der Waals surface area contributed by atoms with Gasteiger partial charge in [0.1, 0.15) is 5.60 Å². The summed E-state index contributed by atoms with van der Waals surface area (Å²) < 4.78 is 10.5. The van der Waals surface area contributed by atoms with E-state index in [2.05, 4.69) is 20.6 Å². The van der Waals surface area contributed by atoms with Crippen molar-refractivity contribution in [1.29, 1.82) is 0 Å². The number of alkyl carbamates (subject to hydrolysis) is 1. The molecule has 2 N–H and O–H groups in total. The Balaban J connectivity index is 1.73. The monoisotopic (exact) mass is 294 g/mol. The summed E-state index contributed by atoms with van der Waals surface area (Å²) in [5.41, 5.74) is 1.58. The molecule has 0 radical (unpaired) electrons. The lowest BCUT2D eigenvalue weighted by molar-refractivity contribution is 0.0530. The van der Waals surface area contributed by atoms with Gasteiger partial charge < -0.3 is 20.1 Å². The number of amides is 1. The van der Waals surface area contributed by atoms with Crippen LogP contribution in [0.2, 0.25) is 0 Å². The van der Waals surface area contributed by atoms with E-state index in [0.717, 1.165) is 17.7 Å². The molecule has 21 heavy (non-hydrogen) atoms. The molecule has 2 rings (SSSR count). The molecule has 0 aromatic carbocycles.